The third kappa shape index (κ3) is 3.13. The topological polar surface area (TPSA) is 67.0 Å². The van der Waals surface area contributed by atoms with Crippen LogP contribution in [0.2, 0.25) is 5.02 Å². The summed E-state index contributed by atoms with van der Waals surface area (Å²) in [4.78, 5) is 18.7. The van der Waals surface area contributed by atoms with Crippen molar-refractivity contribution in [1.29, 1.82) is 0 Å². The van der Waals surface area contributed by atoms with E-state index in [4.69, 9.17) is 16.3 Å². The van der Waals surface area contributed by atoms with Gasteiger partial charge < -0.3 is 15.0 Å². The van der Waals surface area contributed by atoms with Crippen molar-refractivity contribution in [3.05, 3.63) is 45.3 Å². The van der Waals surface area contributed by atoms with Crippen molar-refractivity contribution in [1.82, 2.24) is 15.3 Å². The second-order valence-electron chi connectivity index (χ2n) is 3.96. The van der Waals surface area contributed by atoms with Crippen LogP contribution in [0, 0.1) is 0 Å². The molecule has 0 saturated carbocycles. The van der Waals surface area contributed by atoms with E-state index in [1.54, 1.807) is 32.4 Å². The van der Waals surface area contributed by atoms with Gasteiger partial charge in [0.15, 0.2) is 0 Å². The van der Waals surface area contributed by atoms with E-state index >= 15 is 0 Å². The van der Waals surface area contributed by atoms with E-state index in [0.717, 1.165) is 0 Å². The van der Waals surface area contributed by atoms with E-state index in [-0.39, 0.29) is 5.56 Å². The fourth-order valence-electron chi connectivity index (χ4n) is 1.77. The molecule has 0 aliphatic carbocycles. The summed E-state index contributed by atoms with van der Waals surface area (Å²) >= 11 is 5.91. The van der Waals surface area contributed by atoms with Crippen molar-refractivity contribution in [3.8, 4) is 17.1 Å². The van der Waals surface area contributed by atoms with Gasteiger partial charge in [0.25, 0.3) is 5.56 Å². The van der Waals surface area contributed by atoms with Crippen molar-refractivity contribution >= 4 is 11.6 Å². The number of halogens is 1. The van der Waals surface area contributed by atoms with E-state index in [9.17, 15) is 4.79 Å². The Morgan fingerprint density at radius 3 is 2.89 bits per heavy atom. The first-order valence-electron chi connectivity index (χ1n) is 5.73. The van der Waals surface area contributed by atoms with E-state index in [2.05, 4.69) is 15.3 Å². The average Bonchev–Trinajstić information content (AvgIpc) is 2.38. The number of nitrogens with zero attached hydrogens (tertiary/aromatic N) is 1. The quantitative estimate of drug-likeness (QED) is 0.896. The van der Waals surface area contributed by atoms with E-state index in [1.807, 2.05) is 0 Å². The molecule has 2 aromatic rings. The normalized spacial score (nSPS) is 10.5. The van der Waals surface area contributed by atoms with Gasteiger partial charge in [-0.15, -0.1) is 0 Å². The minimum atomic E-state index is -0.202. The van der Waals surface area contributed by atoms with Crippen molar-refractivity contribution in [2.45, 2.75) is 6.54 Å². The van der Waals surface area contributed by atoms with Gasteiger partial charge in [-0.25, -0.2) is 4.98 Å². The van der Waals surface area contributed by atoms with Crippen LogP contribution >= 0.6 is 11.6 Å². The number of nitrogens with one attached hydrogen (secondary N) is 2. The SMILES string of the molecule is CNCc1cc(=O)[nH]c(-c2ccc(Cl)cc2OC)n1. The summed E-state index contributed by atoms with van der Waals surface area (Å²) in [5.41, 5.74) is 1.16. The lowest BCUT2D eigenvalue weighted by atomic mass is 10.2. The molecular formula is C13H14ClN3O2. The minimum absolute atomic E-state index is 0.202. The third-order valence-corrected chi connectivity index (χ3v) is 2.81. The molecule has 0 aliphatic heterocycles. The molecule has 100 valence electrons. The van der Waals surface area contributed by atoms with Gasteiger partial charge in [0.05, 0.1) is 18.4 Å². The predicted molar refractivity (Wildman–Crippen MR) is 74.6 cm³/mol. The Kier molecular flexibility index (Phi) is 4.19. The Hall–Kier alpha value is -1.85. The highest BCUT2D eigenvalue weighted by Gasteiger charge is 2.10. The van der Waals surface area contributed by atoms with Crippen molar-refractivity contribution in [3.63, 3.8) is 0 Å². The lowest BCUT2D eigenvalue weighted by molar-refractivity contribution is 0.416. The number of hydrogen-bond acceptors (Lipinski definition) is 4. The molecule has 0 amide bonds. The van der Waals surface area contributed by atoms with E-state index in [0.29, 0.717) is 34.4 Å². The highest BCUT2D eigenvalue weighted by atomic mass is 35.5. The standard InChI is InChI=1S/C13H14ClN3O2/c1-15-7-9-6-12(18)17-13(16-9)10-4-3-8(14)5-11(10)19-2/h3-6,15H,7H2,1-2H3,(H,16,17,18). The first-order valence-corrected chi connectivity index (χ1v) is 6.10. The van der Waals surface area contributed by atoms with Crippen molar-refractivity contribution < 1.29 is 4.74 Å². The molecule has 2 rings (SSSR count). The maximum Gasteiger partial charge on any atom is 0.251 e. The van der Waals surface area contributed by atoms with Crippen LogP contribution in [-0.4, -0.2) is 24.1 Å². The van der Waals surface area contributed by atoms with Gasteiger partial charge in [0.1, 0.15) is 11.6 Å². The number of aromatic amines is 1. The van der Waals surface area contributed by atoms with Crippen LogP contribution in [0.5, 0.6) is 5.75 Å². The van der Waals surface area contributed by atoms with Gasteiger partial charge in [0, 0.05) is 17.6 Å². The Morgan fingerprint density at radius 1 is 1.42 bits per heavy atom. The van der Waals surface area contributed by atoms with Crippen LogP contribution in [0.15, 0.2) is 29.1 Å². The maximum atomic E-state index is 11.6. The van der Waals surface area contributed by atoms with E-state index < -0.39 is 0 Å². The van der Waals surface area contributed by atoms with Crippen LogP contribution in [0.25, 0.3) is 11.4 Å². The Balaban J connectivity index is 2.55. The summed E-state index contributed by atoms with van der Waals surface area (Å²) < 4.78 is 5.26. The summed E-state index contributed by atoms with van der Waals surface area (Å²) in [7, 11) is 3.34. The predicted octanol–water partition coefficient (Wildman–Crippen LogP) is 1.82. The van der Waals surface area contributed by atoms with E-state index in [1.165, 1.54) is 6.07 Å². The minimum Gasteiger partial charge on any atom is -0.496 e. The number of ether oxygens (including phenoxy) is 1. The largest absolute Gasteiger partial charge is 0.496 e. The molecule has 0 atom stereocenters. The highest BCUT2D eigenvalue weighted by molar-refractivity contribution is 6.30. The lowest BCUT2D eigenvalue weighted by Gasteiger charge is -2.09. The number of aromatic nitrogens is 2. The van der Waals surface area contributed by atoms with Crippen LogP contribution in [0.1, 0.15) is 5.69 Å². The first kappa shape index (κ1) is 13.6. The Bertz CT molecular complexity index is 640. The Labute approximate surface area is 115 Å². The summed E-state index contributed by atoms with van der Waals surface area (Å²) in [6, 6.07) is 6.64. The zero-order valence-electron chi connectivity index (χ0n) is 10.7. The summed E-state index contributed by atoms with van der Waals surface area (Å²) in [5.74, 6) is 1.03. The molecule has 0 fully saturated rings. The van der Waals surface area contributed by atoms with Crippen LogP contribution in [-0.2, 0) is 6.54 Å². The van der Waals surface area contributed by atoms with Gasteiger partial charge in [-0.2, -0.15) is 0 Å². The Morgan fingerprint density at radius 2 is 2.21 bits per heavy atom. The van der Waals surface area contributed by atoms with Crippen molar-refractivity contribution in [2.24, 2.45) is 0 Å². The average molecular weight is 280 g/mol. The molecule has 0 bridgehead atoms. The number of rotatable bonds is 4. The summed E-state index contributed by atoms with van der Waals surface area (Å²) in [6.07, 6.45) is 0. The second kappa shape index (κ2) is 5.86. The molecule has 6 heteroatoms. The summed E-state index contributed by atoms with van der Waals surface area (Å²) in [5, 5.41) is 3.52. The molecule has 2 N–H and O–H groups in total. The fraction of sp³-hybridized carbons (Fsp3) is 0.231. The van der Waals surface area contributed by atoms with Crippen LogP contribution in [0.4, 0.5) is 0 Å². The molecule has 19 heavy (non-hydrogen) atoms. The lowest BCUT2D eigenvalue weighted by Crippen LogP contribution is -2.15. The molecule has 0 saturated heterocycles. The monoisotopic (exact) mass is 279 g/mol. The molecule has 1 aromatic carbocycles. The van der Waals surface area contributed by atoms with Crippen molar-refractivity contribution in [2.75, 3.05) is 14.2 Å². The van der Waals surface area contributed by atoms with Gasteiger partial charge in [-0.05, 0) is 25.2 Å². The highest BCUT2D eigenvalue weighted by Crippen LogP contribution is 2.29. The number of methoxy groups -OCH3 is 1. The molecule has 5 nitrogen and oxygen atoms in total. The number of benzene rings is 1. The first-order chi connectivity index (χ1) is 9.13. The molecule has 0 unspecified atom stereocenters. The van der Waals surface area contributed by atoms with Gasteiger partial charge in [-0.1, -0.05) is 11.6 Å². The molecule has 0 aliphatic rings. The number of H-pyrrole nitrogens is 1. The molecule has 0 spiro atoms. The summed E-state index contributed by atoms with van der Waals surface area (Å²) in [6.45, 7) is 0.521. The van der Waals surface area contributed by atoms with Gasteiger partial charge in [-0.3, -0.25) is 4.79 Å². The van der Waals surface area contributed by atoms with Crippen LogP contribution < -0.4 is 15.6 Å². The molecular weight excluding hydrogens is 266 g/mol. The molecule has 1 aromatic heterocycles. The molecule has 0 radical (unpaired) electrons. The zero-order chi connectivity index (χ0) is 13.8. The molecule has 1 heterocycles. The smallest absolute Gasteiger partial charge is 0.251 e. The van der Waals surface area contributed by atoms with Gasteiger partial charge >= 0.3 is 0 Å². The third-order valence-electron chi connectivity index (χ3n) is 2.57. The maximum absolute atomic E-state index is 11.6. The second-order valence-corrected chi connectivity index (χ2v) is 4.40. The number of hydrogen-bond donors (Lipinski definition) is 2. The fourth-order valence-corrected chi connectivity index (χ4v) is 1.93. The van der Waals surface area contributed by atoms with Gasteiger partial charge in [0.2, 0.25) is 0 Å². The van der Waals surface area contributed by atoms with Crippen LogP contribution in [0.3, 0.4) is 0 Å². The zero-order valence-corrected chi connectivity index (χ0v) is 11.4.